The molecule has 0 aliphatic heterocycles. The highest BCUT2D eigenvalue weighted by molar-refractivity contribution is 7.98. The summed E-state index contributed by atoms with van der Waals surface area (Å²) in [6.45, 7) is 5.58. The molecule has 112 valence electrons. The van der Waals surface area contributed by atoms with Crippen molar-refractivity contribution in [2.75, 3.05) is 30.9 Å². The summed E-state index contributed by atoms with van der Waals surface area (Å²) in [5.41, 5.74) is 1.82. The second-order valence-electron chi connectivity index (χ2n) is 4.86. The Morgan fingerprint density at radius 3 is 2.75 bits per heavy atom. The first-order chi connectivity index (χ1) is 9.49. The van der Waals surface area contributed by atoms with Gasteiger partial charge in [0.05, 0.1) is 4.92 Å². The van der Waals surface area contributed by atoms with Gasteiger partial charge in [0.15, 0.2) is 0 Å². The maximum absolute atomic E-state index is 11.0. The standard InChI is InChI=1S/C14H23N3O2S/c1-5-15-13-8-12(6-7-14(13)17(18)19)9-16(3)11(2)10-20-4/h6-8,11,15H,5,9-10H2,1-4H3. The Morgan fingerprint density at radius 2 is 2.20 bits per heavy atom. The Kier molecular flexibility index (Phi) is 6.81. The van der Waals surface area contributed by atoms with Gasteiger partial charge in [0.1, 0.15) is 5.69 Å². The summed E-state index contributed by atoms with van der Waals surface area (Å²) >= 11 is 1.82. The molecule has 0 radical (unpaired) electrons. The first-order valence-electron chi connectivity index (χ1n) is 6.70. The Bertz CT molecular complexity index is 454. The van der Waals surface area contributed by atoms with E-state index in [4.69, 9.17) is 0 Å². The Morgan fingerprint density at radius 1 is 1.50 bits per heavy atom. The number of benzene rings is 1. The van der Waals surface area contributed by atoms with Crippen molar-refractivity contribution < 1.29 is 4.92 Å². The number of nitrogens with zero attached hydrogens (tertiary/aromatic N) is 2. The van der Waals surface area contributed by atoms with Crippen LogP contribution in [0.3, 0.4) is 0 Å². The van der Waals surface area contributed by atoms with E-state index in [1.807, 2.05) is 30.8 Å². The molecule has 0 saturated carbocycles. The van der Waals surface area contributed by atoms with Crippen molar-refractivity contribution in [2.45, 2.75) is 26.4 Å². The molecule has 1 aromatic rings. The Hall–Kier alpha value is -1.27. The van der Waals surface area contributed by atoms with Crippen molar-refractivity contribution in [3.05, 3.63) is 33.9 Å². The molecule has 0 heterocycles. The third-order valence-corrected chi connectivity index (χ3v) is 4.03. The summed E-state index contributed by atoms with van der Waals surface area (Å²) in [5, 5.41) is 14.0. The molecule has 0 saturated heterocycles. The van der Waals surface area contributed by atoms with Crippen molar-refractivity contribution in [2.24, 2.45) is 0 Å². The molecular weight excluding hydrogens is 274 g/mol. The molecule has 0 fully saturated rings. The highest BCUT2D eigenvalue weighted by atomic mass is 32.2. The lowest BCUT2D eigenvalue weighted by atomic mass is 10.1. The van der Waals surface area contributed by atoms with Crippen molar-refractivity contribution >= 4 is 23.1 Å². The fourth-order valence-electron chi connectivity index (χ4n) is 1.99. The molecule has 0 spiro atoms. The van der Waals surface area contributed by atoms with Crippen LogP contribution in [-0.2, 0) is 6.54 Å². The number of nitro benzene ring substituents is 1. The first-order valence-corrected chi connectivity index (χ1v) is 8.09. The number of rotatable bonds is 8. The van der Waals surface area contributed by atoms with Crippen LogP contribution in [0.1, 0.15) is 19.4 Å². The van der Waals surface area contributed by atoms with Crippen LogP contribution in [0, 0.1) is 10.1 Å². The number of anilines is 1. The number of nitrogens with one attached hydrogen (secondary N) is 1. The van der Waals surface area contributed by atoms with Crippen LogP contribution in [0.15, 0.2) is 18.2 Å². The summed E-state index contributed by atoms with van der Waals surface area (Å²) in [5.74, 6) is 1.07. The van der Waals surface area contributed by atoms with Gasteiger partial charge in [0.25, 0.3) is 5.69 Å². The average molecular weight is 297 g/mol. The van der Waals surface area contributed by atoms with Gasteiger partial charge in [0.2, 0.25) is 0 Å². The Balaban J connectivity index is 2.86. The van der Waals surface area contributed by atoms with Gasteiger partial charge in [0, 0.05) is 31.0 Å². The van der Waals surface area contributed by atoms with E-state index in [1.165, 1.54) is 0 Å². The largest absolute Gasteiger partial charge is 0.380 e. The van der Waals surface area contributed by atoms with Crippen LogP contribution in [0.25, 0.3) is 0 Å². The predicted molar refractivity (Wildman–Crippen MR) is 86.6 cm³/mol. The van der Waals surface area contributed by atoms with E-state index >= 15 is 0 Å². The van der Waals surface area contributed by atoms with Crippen LogP contribution in [0.5, 0.6) is 0 Å². The van der Waals surface area contributed by atoms with Gasteiger partial charge in [-0.25, -0.2) is 0 Å². The van der Waals surface area contributed by atoms with Crippen molar-refractivity contribution in [1.29, 1.82) is 0 Å². The molecule has 20 heavy (non-hydrogen) atoms. The highest BCUT2D eigenvalue weighted by Gasteiger charge is 2.15. The fraction of sp³-hybridized carbons (Fsp3) is 0.571. The predicted octanol–water partition coefficient (Wildman–Crippen LogP) is 3.21. The van der Waals surface area contributed by atoms with E-state index in [-0.39, 0.29) is 10.6 Å². The third-order valence-electron chi connectivity index (χ3n) is 3.22. The maximum Gasteiger partial charge on any atom is 0.292 e. The van der Waals surface area contributed by atoms with Gasteiger partial charge in [-0.1, -0.05) is 6.07 Å². The number of hydrogen-bond donors (Lipinski definition) is 1. The quantitative estimate of drug-likeness (QED) is 0.590. The lowest BCUT2D eigenvalue weighted by Gasteiger charge is -2.24. The van der Waals surface area contributed by atoms with Gasteiger partial charge < -0.3 is 5.32 Å². The van der Waals surface area contributed by atoms with E-state index in [1.54, 1.807) is 6.07 Å². The fourth-order valence-corrected chi connectivity index (χ4v) is 2.72. The molecule has 0 aromatic heterocycles. The molecule has 0 aliphatic rings. The molecule has 0 bridgehead atoms. The zero-order valence-corrected chi connectivity index (χ0v) is 13.4. The van der Waals surface area contributed by atoms with E-state index in [0.717, 1.165) is 17.9 Å². The zero-order valence-electron chi connectivity index (χ0n) is 12.5. The van der Waals surface area contributed by atoms with Crippen LogP contribution in [-0.4, -0.2) is 41.5 Å². The van der Waals surface area contributed by atoms with Crippen molar-refractivity contribution in [3.8, 4) is 0 Å². The summed E-state index contributed by atoms with van der Waals surface area (Å²) in [6, 6.07) is 5.77. The normalized spacial score (nSPS) is 12.4. The molecule has 1 unspecified atom stereocenters. The number of nitro groups is 1. The minimum absolute atomic E-state index is 0.135. The summed E-state index contributed by atoms with van der Waals surface area (Å²) < 4.78 is 0. The molecule has 0 aliphatic carbocycles. The van der Waals surface area contributed by atoms with Crippen LogP contribution >= 0.6 is 11.8 Å². The van der Waals surface area contributed by atoms with E-state index in [0.29, 0.717) is 18.3 Å². The van der Waals surface area contributed by atoms with Gasteiger partial charge in [-0.2, -0.15) is 11.8 Å². The Labute approximate surface area is 124 Å². The highest BCUT2D eigenvalue weighted by Crippen LogP contribution is 2.26. The lowest BCUT2D eigenvalue weighted by Crippen LogP contribution is -2.30. The molecule has 1 N–H and O–H groups in total. The molecule has 5 nitrogen and oxygen atoms in total. The van der Waals surface area contributed by atoms with Crippen molar-refractivity contribution in [1.82, 2.24) is 4.90 Å². The average Bonchev–Trinajstić information content (AvgIpc) is 2.39. The molecule has 1 aromatic carbocycles. The first kappa shape index (κ1) is 16.8. The summed E-state index contributed by atoms with van der Waals surface area (Å²) in [7, 11) is 2.08. The molecule has 6 heteroatoms. The smallest absolute Gasteiger partial charge is 0.292 e. The van der Waals surface area contributed by atoms with Crippen molar-refractivity contribution in [3.63, 3.8) is 0 Å². The van der Waals surface area contributed by atoms with Crippen LogP contribution < -0.4 is 5.32 Å². The van der Waals surface area contributed by atoms with Gasteiger partial charge in [-0.15, -0.1) is 0 Å². The maximum atomic E-state index is 11.0. The second-order valence-corrected chi connectivity index (χ2v) is 5.77. The van der Waals surface area contributed by atoms with Crippen LogP contribution in [0.4, 0.5) is 11.4 Å². The molecule has 1 atom stereocenters. The number of hydrogen-bond acceptors (Lipinski definition) is 5. The third kappa shape index (κ3) is 4.68. The minimum atomic E-state index is -0.345. The molecule has 0 amide bonds. The van der Waals surface area contributed by atoms with Gasteiger partial charge in [-0.05, 0) is 38.8 Å². The summed E-state index contributed by atoms with van der Waals surface area (Å²) in [6.07, 6.45) is 2.10. The minimum Gasteiger partial charge on any atom is -0.380 e. The molecular formula is C14H23N3O2S. The SMILES string of the molecule is CCNc1cc(CN(C)C(C)CSC)ccc1[N+](=O)[O-]. The second kappa shape index (κ2) is 8.11. The van der Waals surface area contributed by atoms with E-state index < -0.39 is 0 Å². The van der Waals surface area contributed by atoms with E-state index in [2.05, 4.69) is 30.4 Å². The van der Waals surface area contributed by atoms with E-state index in [9.17, 15) is 10.1 Å². The monoisotopic (exact) mass is 297 g/mol. The van der Waals surface area contributed by atoms with Gasteiger partial charge >= 0.3 is 0 Å². The van der Waals surface area contributed by atoms with Gasteiger partial charge in [-0.3, -0.25) is 15.0 Å². The summed E-state index contributed by atoms with van der Waals surface area (Å²) in [4.78, 5) is 12.9. The lowest BCUT2D eigenvalue weighted by molar-refractivity contribution is -0.384. The zero-order chi connectivity index (χ0) is 15.1. The van der Waals surface area contributed by atoms with Crippen LogP contribution in [0.2, 0.25) is 0 Å². The number of thioether (sulfide) groups is 1. The molecule has 1 rings (SSSR count). The topological polar surface area (TPSA) is 58.4 Å².